The van der Waals surface area contributed by atoms with Crippen molar-refractivity contribution in [2.75, 3.05) is 18.6 Å². The summed E-state index contributed by atoms with van der Waals surface area (Å²) in [6.07, 6.45) is 7.33. The number of rotatable bonds is 6. The zero-order chi connectivity index (χ0) is 13.7. The summed E-state index contributed by atoms with van der Waals surface area (Å²) < 4.78 is 5.11. The number of aldehydes is 1. The van der Waals surface area contributed by atoms with Crippen LogP contribution < -0.4 is 4.90 Å². The third-order valence-corrected chi connectivity index (χ3v) is 4.77. The van der Waals surface area contributed by atoms with Gasteiger partial charge in [-0.15, -0.1) is 0 Å². The highest BCUT2D eigenvalue weighted by atomic mass is 32.1. The van der Waals surface area contributed by atoms with Gasteiger partial charge < -0.3 is 9.64 Å². The predicted octanol–water partition coefficient (Wildman–Crippen LogP) is 3.26. The Hall–Kier alpha value is -0.940. The molecule has 0 saturated heterocycles. The molecule has 1 aliphatic carbocycles. The van der Waals surface area contributed by atoms with E-state index in [9.17, 15) is 4.79 Å². The second-order valence-corrected chi connectivity index (χ2v) is 5.95. The number of aromatic nitrogens is 1. The van der Waals surface area contributed by atoms with Crippen molar-refractivity contribution in [1.29, 1.82) is 0 Å². The number of nitrogens with zero attached hydrogens (tertiary/aromatic N) is 2. The molecule has 1 fully saturated rings. The van der Waals surface area contributed by atoms with Gasteiger partial charge in [0.1, 0.15) is 0 Å². The first kappa shape index (κ1) is 14.5. The van der Waals surface area contributed by atoms with Gasteiger partial charge in [-0.25, -0.2) is 4.98 Å². The van der Waals surface area contributed by atoms with Gasteiger partial charge in [0.2, 0.25) is 0 Å². The number of carbonyl (C=O) groups is 1. The SMILES string of the molecule is CCN(c1nc(COC)c(C=O)s1)C1CCCCC1. The van der Waals surface area contributed by atoms with Gasteiger partial charge in [-0.2, -0.15) is 0 Å². The first-order chi connectivity index (χ1) is 9.30. The lowest BCUT2D eigenvalue weighted by Crippen LogP contribution is -2.36. The van der Waals surface area contributed by atoms with Gasteiger partial charge in [-0.3, -0.25) is 4.79 Å². The topological polar surface area (TPSA) is 42.4 Å². The van der Waals surface area contributed by atoms with Crippen LogP contribution >= 0.6 is 11.3 Å². The molecule has 1 heterocycles. The molecule has 0 atom stereocenters. The quantitative estimate of drug-likeness (QED) is 0.751. The molecule has 1 aliphatic rings. The highest BCUT2D eigenvalue weighted by Gasteiger charge is 2.23. The summed E-state index contributed by atoms with van der Waals surface area (Å²) in [7, 11) is 1.63. The van der Waals surface area contributed by atoms with Gasteiger partial charge in [0, 0.05) is 19.7 Å². The van der Waals surface area contributed by atoms with Crippen molar-refractivity contribution >= 4 is 22.8 Å². The Morgan fingerprint density at radius 3 is 2.74 bits per heavy atom. The van der Waals surface area contributed by atoms with Crippen LogP contribution in [0.25, 0.3) is 0 Å². The molecule has 0 aromatic carbocycles. The molecule has 0 radical (unpaired) electrons. The summed E-state index contributed by atoms with van der Waals surface area (Å²) in [5.74, 6) is 0. The number of hydrogen-bond donors (Lipinski definition) is 0. The number of hydrogen-bond acceptors (Lipinski definition) is 5. The van der Waals surface area contributed by atoms with Crippen molar-refractivity contribution in [2.24, 2.45) is 0 Å². The molecule has 0 bridgehead atoms. The Balaban J connectivity index is 2.19. The van der Waals surface area contributed by atoms with E-state index in [1.165, 1.54) is 43.4 Å². The lowest BCUT2D eigenvalue weighted by atomic mass is 9.94. The molecule has 0 unspecified atom stereocenters. The first-order valence-electron chi connectivity index (χ1n) is 7.00. The van der Waals surface area contributed by atoms with Gasteiger partial charge in [0.15, 0.2) is 11.4 Å². The second-order valence-electron chi connectivity index (χ2n) is 4.94. The van der Waals surface area contributed by atoms with Crippen LogP contribution in [0.2, 0.25) is 0 Å². The highest BCUT2D eigenvalue weighted by molar-refractivity contribution is 7.17. The van der Waals surface area contributed by atoms with Gasteiger partial charge in [-0.05, 0) is 19.8 Å². The van der Waals surface area contributed by atoms with Crippen LogP contribution in [-0.4, -0.2) is 31.0 Å². The molecule has 1 aromatic heterocycles. The van der Waals surface area contributed by atoms with E-state index in [0.717, 1.165) is 23.7 Å². The minimum absolute atomic E-state index is 0.410. The largest absolute Gasteiger partial charge is 0.378 e. The lowest BCUT2D eigenvalue weighted by Gasteiger charge is -2.33. The number of thiazole rings is 1. The van der Waals surface area contributed by atoms with E-state index in [4.69, 9.17) is 4.74 Å². The molecule has 1 saturated carbocycles. The van der Waals surface area contributed by atoms with Crippen LogP contribution in [0, 0.1) is 0 Å². The number of carbonyl (C=O) groups excluding carboxylic acids is 1. The molecular formula is C14H22N2O2S. The summed E-state index contributed by atoms with van der Waals surface area (Å²) in [5, 5.41) is 0.976. The van der Waals surface area contributed by atoms with E-state index in [1.807, 2.05) is 0 Å². The molecule has 0 N–H and O–H groups in total. The van der Waals surface area contributed by atoms with E-state index in [1.54, 1.807) is 7.11 Å². The molecule has 0 spiro atoms. The Morgan fingerprint density at radius 2 is 2.16 bits per heavy atom. The van der Waals surface area contributed by atoms with Gasteiger partial charge in [0.05, 0.1) is 17.2 Å². The van der Waals surface area contributed by atoms with Gasteiger partial charge >= 0.3 is 0 Å². The zero-order valence-corrected chi connectivity index (χ0v) is 12.5. The van der Waals surface area contributed by atoms with Crippen LogP contribution in [0.4, 0.5) is 5.13 Å². The van der Waals surface area contributed by atoms with Crippen LogP contribution in [0.3, 0.4) is 0 Å². The maximum Gasteiger partial charge on any atom is 0.186 e. The minimum atomic E-state index is 0.410. The predicted molar refractivity (Wildman–Crippen MR) is 78.1 cm³/mol. The molecule has 2 rings (SSSR count). The smallest absolute Gasteiger partial charge is 0.186 e. The minimum Gasteiger partial charge on any atom is -0.378 e. The van der Waals surface area contributed by atoms with Crippen molar-refractivity contribution in [3.05, 3.63) is 10.6 Å². The van der Waals surface area contributed by atoms with Crippen molar-refractivity contribution in [1.82, 2.24) is 4.98 Å². The maximum atomic E-state index is 11.1. The lowest BCUT2D eigenvalue weighted by molar-refractivity contribution is 0.112. The van der Waals surface area contributed by atoms with Gasteiger partial charge in [-0.1, -0.05) is 30.6 Å². The summed E-state index contributed by atoms with van der Waals surface area (Å²) >= 11 is 1.49. The first-order valence-corrected chi connectivity index (χ1v) is 7.82. The third kappa shape index (κ3) is 3.34. The normalized spacial score (nSPS) is 16.5. The standard InChI is InChI=1S/C14H22N2O2S/c1-3-16(11-7-5-4-6-8-11)14-15-12(10-18-2)13(9-17)19-14/h9,11H,3-8,10H2,1-2H3. The molecule has 106 valence electrons. The van der Waals surface area contributed by atoms with E-state index in [2.05, 4.69) is 16.8 Å². The van der Waals surface area contributed by atoms with Crippen LogP contribution in [0.15, 0.2) is 0 Å². The van der Waals surface area contributed by atoms with Gasteiger partial charge in [0.25, 0.3) is 0 Å². The Labute approximate surface area is 118 Å². The van der Waals surface area contributed by atoms with Crippen molar-refractivity contribution in [3.63, 3.8) is 0 Å². The van der Waals surface area contributed by atoms with Crippen LogP contribution in [0.1, 0.15) is 54.4 Å². The van der Waals surface area contributed by atoms with E-state index < -0.39 is 0 Å². The van der Waals surface area contributed by atoms with E-state index in [-0.39, 0.29) is 0 Å². The molecule has 19 heavy (non-hydrogen) atoms. The fraction of sp³-hybridized carbons (Fsp3) is 0.714. The van der Waals surface area contributed by atoms with E-state index >= 15 is 0 Å². The fourth-order valence-electron chi connectivity index (χ4n) is 2.75. The van der Waals surface area contributed by atoms with Crippen molar-refractivity contribution in [2.45, 2.75) is 51.7 Å². The summed E-state index contributed by atoms with van der Waals surface area (Å²) in [5.41, 5.74) is 0.770. The number of methoxy groups -OCH3 is 1. The number of anilines is 1. The molecule has 1 aromatic rings. The molecule has 4 nitrogen and oxygen atoms in total. The number of ether oxygens (including phenoxy) is 1. The highest BCUT2D eigenvalue weighted by Crippen LogP contribution is 2.31. The van der Waals surface area contributed by atoms with Crippen LogP contribution in [0.5, 0.6) is 0 Å². The summed E-state index contributed by atoms with van der Waals surface area (Å²) in [6, 6.07) is 0.583. The molecule has 5 heteroatoms. The van der Waals surface area contributed by atoms with Crippen molar-refractivity contribution in [3.8, 4) is 0 Å². The molecule has 0 amide bonds. The molecular weight excluding hydrogens is 260 g/mol. The van der Waals surface area contributed by atoms with Crippen LogP contribution in [-0.2, 0) is 11.3 Å². The fourth-order valence-corrected chi connectivity index (χ4v) is 3.77. The summed E-state index contributed by atoms with van der Waals surface area (Å²) in [6.45, 7) is 3.52. The zero-order valence-electron chi connectivity index (χ0n) is 11.7. The second kappa shape index (κ2) is 7.01. The average molecular weight is 282 g/mol. The molecule has 0 aliphatic heterocycles. The average Bonchev–Trinajstić information content (AvgIpc) is 2.84. The monoisotopic (exact) mass is 282 g/mol. The Bertz CT molecular complexity index is 414. The van der Waals surface area contributed by atoms with Crippen molar-refractivity contribution < 1.29 is 9.53 Å². The van der Waals surface area contributed by atoms with E-state index in [0.29, 0.717) is 17.5 Å². The Kier molecular flexibility index (Phi) is 5.34. The maximum absolute atomic E-state index is 11.1. The Morgan fingerprint density at radius 1 is 1.42 bits per heavy atom. The summed E-state index contributed by atoms with van der Waals surface area (Å²) in [4.78, 5) is 18.8. The third-order valence-electron chi connectivity index (χ3n) is 3.71.